The summed E-state index contributed by atoms with van der Waals surface area (Å²) < 4.78 is 4.97. The molecule has 0 aliphatic heterocycles. The number of H-pyrrole nitrogens is 1. The summed E-state index contributed by atoms with van der Waals surface area (Å²) in [5.41, 5.74) is 0.695. The molecule has 0 fully saturated rings. The molecule has 1 aromatic heterocycles. The molecule has 2 rings (SSSR count). The maximum absolute atomic E-state index is 10.9. The number of ether oxygens (including phenoxy) is 1. The van der Waals surface area contributed by atoms with Crippen LogP contribution in [0.15, 0.2) is 23.4 Å². The van der Waals surface area contributed by atoms with Gasteiger partial charge in [0, 0.05) is 5.56 Å². The summed E-state index contributed by atoms with van der Waals surface area (Å²) in [5, 5.41) is 17.0. The largest absolute Gasteiger partial charge is 0.504 e. The quantitative estimate of drug-likeness (QED) is 0.812. The number of hydrogen-bond acceptors (Lipinski definition) is 6. The highest BCUT2D eigenvalue weighted by Crippen LogP contribution is 2.30. The van der Waals surface area contributed by atoms with Crippen LogP contribution < -0.4 is 4.74 Å². The number of methoxy groups -OCH3 is 1. The van der Waals surface area contributed by atoms with Crippen molar-refractivity contribution in [2.75, 3.05) is 12.9 Å². The maximum atomic E-state index is 10.9. The fourth-order valence-electron chi connectivity index (χ4n) is 1.44. The summed E-state index contributed by atoms with van der Waals surface area (Å²) >= 11 is 1.27. The van der Waals surface area contributed by atoms with Gasteiger partial charge in [-0.25, -0.2) is 4.98 Å². The highest BCUT2D eigenvalue weighted by Gasteiger charge is 2.09. The molecular formula is C12H13N3O3S. The average molecular weight is 279 g/mol. The summed E-state index contributed by atoms with van der Waals surface area (Å²) in [6.07, 6.45) is 0. The molecule has 1 heterocycles. The van der Waals surface area contributed by atoms with Gasteiger partial charge in [-0.1, -0.05) is 11.8 Å². The van der Waals surface area contributed by atoms with Crippen LogP contribution in [0.5, 0.6) is 11.5 Å². The number of aromatic nitrogens is 3. The van der Waals surface area contributed by atoms with Gasteiger partial charge < -0.3 is 9.84 Å². The Morgan fingerprint density at radius 3 is 2.95 bits per heavy atom. The number of carbonyl (C=O) groups excluding carboxylic acids is 1. The van der Waals surface area contributed by atoms with Crippen LogP contribution in [0.4, 0.5) is 0 Å². The zero-order valence-corrected chi connectivity index (χ0v) is 11.3. The molecule has 2 aromatic rings. The van der Waals surface area contributed by atoms with Gasteiger partial charge >= 0.3 is 0 Å². The fourth-order valence-corrected chi connectivity index (χ4v) is 2.04. The van der Waals surface area contributed by atoms with E-state index in [4.69, 9.17) is 4.74 Å². The SMILES string of the molecule is COc1ccc(-c2nc(SCC(C)=O)n[nH]2)cc1O. The predicted molar refractivity (Wildman–Crippen MR) is 71.4 cm³/mol. The van der Waals surface area contributed by atoms with Crippen molar-refractivity contribution in [3.05, 3.63) is 18.2 Å². The van der Waals surface area contributed by atoms with Gasteiger partial charge in [-0.15, -0.1) is 5.10 Å². The molecule has 6 nitrogen and oxygen atoms in total. The van der Waals surface area contributed by atoms with Crippen molar-refractivity contribution in [3.63, 3.8) is 0 Å². The summed E-state index contributed by atoms with van der Waals surface area (Å²) in [6.45, 7) is 1.52. The Morgan fingerprint density at radius 2 is 2.32 bits per heavy atom. The molecule has 0 bridgehead atoms. The summed E-state index contributed by atoms with van der Waals surface area (Å²) in [4.78, 5) is 15.1. The minimum atomic E-state index is 0.0364. The number of thioether (sulfide) groups is 1. The minimum absolute atomic E-state index is 0.0364. The molecule has 0 amide bonds. The summed E-state index contributed by atoms with van der Waals surface area (Å²) in [5.74, 6) is 1.37. The van der Waals surface area contributed by atoms with E-state index in [2.05, 4.69) is 15.2 Å². The standard InChI is InChI=1S/C12H13N3O3S/c1-7(16)6-19-12-13-11(14-15-12)8-3-4-10(18-2)9(17)5-8/h3-5,17H,6H2,1-2H3,(H,13,14,15). The highest BCUT2D eigenvalue weighted by molar-refractivity contribution is 7.99. The van der Waals surface area contributed by atoms with Gasteiger partial charge in [0.15, 0.2) is 17.3 Å². The van der Waals surface area contributed by atoms with Crippen LogP contribution in [-0.4, -0.2) is 38.9 Å². The lowest BCUT2D eigenvalue weighted by Gasteiger charge is -2.03. The van der Waals surface area contributed by atoms with Crippen LogP contribution >= 0.6 is 11.8 Å². The Morgan fingerprint density at radius 1 is 1.53 bits per heavy atom. The van der Waals surface area contributed by atoms with Gasteiger partial charge in [0.1, 0.15) is 5.78 Å². The maximum Gasteiger partial charge on any atom is 0.209 e. The Labute approximate surface area is 114 Å². The van der Waals surface area contributed by atoms with Crippen LogP contribution in [0, 0.1) is 0 Å². The molecule has 1 aromatic carbocycles. The zero-order valence-electron chi connectivity index (χ0n) is 10.5. The minimum Gasteiger partial charge on any atom is -0.504 e. The number of aromatic hydroxyl groups is 1. The molecule has 100 valence electrons. The van der Waals surface area contributed by atoms with E-state index in [0.717, 1.165) is 0 Å². The Balaban J connectivity index is 2.18. The van der Waals surface area contributed by atoms with E-state index in [9.17, 15) is 9.90 Å². The van der Waals surface area contributed by atoms with E-state index in [-0.39, 0.29) is 11.5 Å². The first-order chi connectivity index (χ1) is 9.10. The number of Topliss-reactive ketones (excluding diaryl/α,β-unsaturated/α-hetero) is 1. The van der Waals surface area contributed by atoms with Crippen molar-refractivity contribution >= 4 is 17.5 Å². The van der Waals surface area contributed by atoms with E-state index in [1.54, 1.807) is 18.2 Å². The molecule has 19 heavy (non-hydrogen) atoms. The normalized spacial score (nSPS) is 10.4. The van der Waals surface area contributed by atoms with Gasteiger partial charge in [0.25, 0.3) is 0 Å². The van der Waals surface area contributed by atoms with Crippen molar-refractivity contribution in [3.8, 4) is 22.9 Å². The van der Waals surface area contributed by atoms with E-state index in [1.807, 2.05) is 0 Å². The lowest BCUT2D eigenvalue weighted by molar-refractivity contribution is -0.114. The Bertz CT molecular complexity index is 598. The topological polar surface area (TPSA) is 88.1 Å². The third-order valence-electron chi connectivity index (χ3n) is 2.32. The molecule has 0 radical (unpaired) electrons. The zero-order chi connectivity index (χ0) is 13.8. The number of benzene rings is 1. The van der Waals surface area contributed by atoms with E-state index >= 15 is 0 Å². The molecule has 2 N–H and O–H groups in total. The number of nitrogens with one attached hydrogen (secondary N) is 1. The van der Waals surface area contributed by atoms with Crippen LogP contribution in [0.3, 0.4) is 0 Å². The van der Waals surface area contributed by atoms with Crippen LogP contribution in [0.25, 0.3) is 11.4 Å². The second kappa shape index (κ2) is 5.75. The van der Waals surface area contributed by atoms with Crippen LogP contribution in [0.1, 0.15) is 6.92 Å². The number of carbonyl (C=O) groups is 1. The van der Waals surface area contributed by atoms with Crippen molar-refractivity contribution in [1.29, 1.82) is 0 Å². The third kappa shape index (κ3) is 3.25. The van der Waals surface area contributed by atoms with Gasteiger partial charge in [-0.2, -0.15) is 0 Å². The highest BCUT2D eigenvalue weighted by atomic mass is 32.2. The second-order valence-corrected chi connectivity index (χ2v) is 4.79. The molecule has 0 saturated carbocycles. The number of rotatable bonds is 5. The van der Waals surface area contributed by atoms with Crippen molar-refractivity contribution in [2.24, 2.45) is 0 Å². The second-order valence-electron chi connectivity index (χ2n) is 3.84. The van der Waals surface area contributed by atoms with Crippen LogP contribution in [-0.2, 0) is 4.79 Å². The smallest absolute Gasteiger partial charge is 0.209 e. The molecule has 0 saturated heterocycles. The van der Waals surface area contributed by atoms with E-state index in [0.29, 0.717) is 28.0 Å². The average Bonchev–Trinajstić information content (AvgIpc) is 2.85. The molecular weight excluding hydrogens is 266 g/mol. The fraction of sp³-hybridized carbons (Fsp3) is 0.250. The van der Waals surface area contributed by atoms with E-state index in [1.165, 1.54) is 25.8 Å². The monoisotopic (exact) mass is 279 g/mol. The van der Waals surface area contributed by atoms with Crippen LogP contribution in [0.2, 0.25) is 0 Å². The van der Waals surface area contributed by atoms with Gasteiger partial charge in [0.2, 0.25) is 5.16 Å². The van der Waals surface area contributed by atoms with Crippen molar-refractivity contribution in [2.45, 2.75) is 12.1 Å². The summed E-state index contributed by atoms with van der Waals surface area (Å²) in [7, 11) is 1.49. The molecule has 0 unspecified atom stereocenters. The molecule has 0 aliphatic rings. The van der Waals surface area contributed by atoms with Crippen molar-refractivity contribution in [1.82, 2.24) is 15.2 Å². The van der Waals surface area contributed by atoms with Gasteiger partial charge in [-0.05, 0) is 25.1 Å². The molecule has 0 spiro atoms. The first kappa shape index (κ1) is 13.4. The first-order valence-corrected chi connectivity index (χ1v) is 6.50. The molecule has 0 aliphatic carbocycles. The van der Waals surface area contributed by atoms with Gasteiger partial charge in [0.05, 0.1) is 12.9 Å². The number of aromatic amines is 1. The number of ketones is 1. The first-order valence-electron chi connectivity index (χ1n) is 5.52. The Hall–Kier alpha value is -2.02. The van der Waals surface area contributed by atoms with Crippen molar-refractivity contribution < 1.29 is 14.6 Å². The Kier molecular flexibility index (Phi) is 4.06. The predicted octanol–water partition coefficient (Wildman–Crippen LogP) is 1.87. The molecule has 0 atom stereocenters. The summed E-state index contributed by atoms with van der Waals surface area (Å²) in [6, 6.07) is 4.95. The van der Waals surface area contributed by atoms with Gasteiger partial charge in [-0.3, -0.25) is 9.89 Å². The van der Waals surface area contributed by atoms with E-state index < -0.39 is 0 Å². The third-order valence-corrected chi connectivity index (χ3v) is 3.31. The lowest BCUT2D eigenvalue weighted by Crippen LogP contribution is -1.93. The number of phenolic OH excluding ortho intramolecular Hbond substituents is 1. The number of phenols is 1. The molecule has 7 heteroatoms. The number of hydrogen-bond donors (Lipinski definition) is 2. The number of nitrogens with zero attached hydrogens (tertiary/aromatic N) is 2. The lowest BCUT2D eigenvalue weighted by atomic mass is 10.2.